The van der Waals surface area contributed by atoms with Crippen molar-refractivity contribution in [3.63, 3.8) is 0 Å². The first kappa shape index (κ1) is 19.4. The van der Waals surface area contributed by atoms with Crippen LogP contribution in [0.15, 0.2) is 59.8 Å². The van der Waals surface area contributed by atoms with Gasteiger partial charge >= 0.3 is 0 Å². The highest BCUT2D eigenvalue weighted by atomic mass is 16.6. The smallest absolute Gasteiger partial charge is 0.251 e. The maximum Gasteiger partial charge on any atom is 0.251 e. The van der Waals surface area contributed by atoms with Crippen molar-refractivity contribution < 1.29 is 9.63 Å². The second-order valence-electron chi connectivity index (χ2n) is 6.51. The van der Waals surface area contributed by atoms with Crippen LogP contribution in [0.4, 0.5) is 0 Å². The van der Waals surface area contributed by atoms with Crippen LogP contribution in [0.3, 0.4) is 0 Å². The van der Waals surface area contributed by atoms with Crippen LogP contribution in [0.1, 0.15) is 38.4 Å². The number of hydrogen-bond acceptors (Lipinski definition) is 4. The number of benzene rings is 2. The van der Waals surface area contributed by atoms with E-state index in [-0.39, 0.29) is 5.91 Å². The second-order valence-corrected chi connectivity index (χ2v) is 6.51. The molecule has 3 aromatic rings. The van der Waals surface area contributed by atoms with E-state index < -0.39 is 0 Å². The molecule has 6 heteroatoms. The lowest BCUT2D eigenvalue weighted by Crippen LogP contribution is -2.23. The third-order valence-corrected chi connectivity index (χ3v) is 4.61. The van der Waals surface area contributed by atoms with Crippen LogP contribution < -0.4 is 5.32 Å². The summed E-state index contributed by atoms with van der Waals surface area (Å²) >= 11 is 0. The SMILES string of the molecule is CO/N=C/c1ccc(C(=O)NCc2c(C)nn(Cc3ccccc3)c2C)cc1. The Morgan fingerprint density at radius 2 is 1.86 bits per heavy atom. The Bertz CT molecular complexity index is 960. The molecule has 0 aliphatic rings. The van der Waals surface area contributed by atoms with E-state index in [4.69, 9.17) is 0 Å². The summed E-state index contributed by atoms with van der Waals surface area (Å²) in [6, 6.07) is 17.4. The minimum absolute atomic E-state index is 0.121. The highest BCUT2D eigenvalue weighted by Gasteiger charge is 2.13. The fourth-order valence-corrected chi connectivity index (χ4v) is 3.00. The van der Waals surface area contributed by atoms with Crippen molar-refractivity contribution in [2.24, 2.45) is 5.16 Å². The van der Waals surface area contributed by atoms with E-state index in [1.807, 2.05) is 48.9 Å². The molecule has 1 amide bonds. The highest BCUT2D eigenvalue weighted by Crippen LogP contribution is 2.15. The summed E-state index contributed by atoms with van der Waals surface area (Å²) in [7, 11) is 1.49. The highest BCUT2D eigenvalue weighted by molar-refractivity contribution is 5.95. The summed E-state index contributed by atoms with van der Waals surface area (Å²) in [6.45, 7) is 5.17. The Morgan fingerprint density at radius 1 is 1.14 bits per heavy atom. The summed E-state index contributed by atoms with van der Waals surface area (Å²) in [5.74, 6) is -0.121. The molecule has 0 spiro atoms. The van der Waals surface area contributed by atoms with E-state index in [0.717, 1.165) is 22.5 Å². The molecule has 0 saturated carbocycles. The van der Waals surface area contributed by atoms with Crippen molar-refractivity contribution in [1.82, 2.24) is 15.1 Å². The number of nitrogens with one attached hydrogen (secondary N) is 1. The fraction of sp³-hybridized carbons (Fsp3) is 0.227. The van der Waals surface area contributed by atoms with E-state index in [0.29, 0.717) is 18.7 Å². The molecule has 28 heavy (non-hydrogen) atoms. The van der Waals surface area contributed by atoms with Crippen molar-refractivity contribution >= 4 is 12.1 Å². The standard InChI is InChI=1S/C22H24N4O2/c1-16-21(17(2)26(25-16)15-19-7-5-4-6-8-19)14-23-22(27)20-11-9-18(10-12-20)13-24-28-3/h4-13H,14-15H2,1-3H3,(H,23,27)/b24-13+. The minimum Gasteiger partial charge on any atom is -0.399 e. The van der Waals surface area contributed by atoms with E-state index in [1.165, 1.54) is 12.7 Å². The van der Waals surface area contributed by atoms with Gasteiger partial charge in [-0.2, -0.15) is 5.10 Å². The topological polar surface area (TPSA) is 68.5 Å². The van der Waals surface area contributed by atoms with E-state index in [9.17, 15) is 4.79 Å². The molecule has 0 aliphatic heterocycles. The molecule has 0 saturated heterocycles. The van der Waals surface area contributed by atoms with Gasteiger partial charge in [0, 0.05) is 23.4 Å². The third-order valence-electron chi connectivity index (χ3n) is 4.61. The Balaban J connectivity index is 1.65. The van der Waals surface area contributed by atoms with Gasteiger partial charge in [0.2, 0.25) is 0 Å². The summed E-state index contributed by atoms with van der Waals surface area (Å²) in [4.78, 5) is 17.1. The van der Waals surface area contributed by atoms with E-state index in [2.05, 4.69) is 32.5 Å². The first-order valence-corrected chi connectivity index (χ1v) is 9.10. The quantitative estimate of drug-likeness (QED) is 0.507. The first-order chi connectivity index (χ1) is 13.6. The maximum atomic E-state index is 12.5. The monoisotopic (exact) mass is 376 g/mol. The average molecular weight is 376 g/mol. The number of oxime groups is 1. The lowest BCUT2D eigenvalue weighted by molar-refractivity contribution is 0.0951. The number of aryl methyl sites for hydroxylation is 1. The Labute approximate surface area is 164 Å². The van der Waals surface area contributed by atoms with Crippen LogP contribution in [0.25, 0.3) is 0 Å². The lowest BCUT2D eigenvalue weighted by atomic mass is 10.1. The Kier molecular flexibility index (Phi) is 6.22. The molecule has 3 rings (SSSR count). The number of aromatic nitrogens is 2. The molecule has 1 heterocycles. The molecule has 144 valence electrons. The molecule has 1 aromatic heterocycles. The van der Waals surface area contributed by atoms with E-state index in [1.54, 1.807) is 18.3 Å². The van der Waals surface area contributed by atoms with E-state index >= 15 is 0 Å². The lowest BCUT2D eigenvalue weighted by Gasteiger charge is -2.08. The number of carbonyl (C=O) groups excluding carboxylic acids is 1. The van der Waals surface area contributed by atoms with Gasteiger partial charge in [-0.1, -0.05) is 47.6 Å². The van der Waals surface area contributed by atoms with Gasteiger partial charge in [0.25, 0.3) is 5.91 Å². The molecule has 0 unspecified atom stereocenters. The zero-order chi connectivity index (χ0) is 19.9. The van der Waals surface area contributed by atoms with Gasteiger partial charge in [0.05, 0.1) is 18.5 Å². The van der Waals surface area contributed by atoms with Crippen molar-refractivity contribution in [1.29, 1.82) is 0 Å². The molecule has 6 nitrogen and oxygen atoms in total. The number of nitrogens with zero attached hydrogens (tertiary/aromatic N) is 3. The molecule has 0 fully saturated rings. The van der Waals surface area contributed by atoms with Crippen LogP contribution >= 0.6 is 0 Å². The normalized spacial score (nSPS) is 11.0. The predicted octanol–water partition coefficient (Wildman–Crippen LogP) is 3.46. The largest absolute Gasteiger partial charge is 0.399 e. The molecule has 0 radical (unpaired) electrons. The molecular weight excluding hydrogens is 352 g/mol. The molecular formula is C22H24N4O2. The van der Waals surface area contributed by atoms with Gasteiger partial charge in [0.15, 0.2) is 0 Å². The summed E-state index contributed by atoms with van der Waals surface area (Å²) < 4.78 is 1.98. The Morgan fingerprint density at radius 3 is 2.54 bits per heavy atom. The fourth-order valence-electron chi connectivity index (χ4n) is 3.00. The van der Waals surface area contributed by atoms with Crippen LogP contribution in [-0.2, 0) is 17.9 Å². The van der Waals surface area contributed by atoms with Crippen molar-refractivity contribution in [2.45, 2.75) is 26.9 Å². The predicted molar refractivity (Wildman–Crippen MR) is 109 cm³/mol. The number of hydrogen-bond donors (Lipinski definition) is 1. The van der Waals surface area contributed by atoms with Crippen molar-refractivity contribution in [3.8, 4) is 0 Å². The first-order valence-electron chi connectivity index (χ1n) is 9.10. The van der Waals surface area contributed by atoms with Gasteiger partial charge in [-0.05, 0) is 37.1 Å². The van der Waals surface area contributed by atoms with Gasteiger partial charge in [-0.25, -0.2) is 0 Å². The zero-order valence-corrected chi connectivity index (χ0v) is 16.3. The van der Waals surface area contributed by atoms with Gasteiger partial charge in [-0.15, -0.1) is 0 Å². The van der Waals surface area contributed by atoms with Crippen LogP contribution in [0.2, 0.25) is 0 Å². The molecule has 0 aliphatic carbocycles. The zero-order valence-electron chi connectivity index (χ0n) is 16.3. The summed E-state index contributed by atoms with van der Waals surface area (Å²) in [6.07, 6.45) is 1.59. The van der Waals surface area contributed by atoms with Gasteiger partial charge < -0.3 is 10.2 Å². The number of rotatable bonds is 7. The number of amides is 1. The average Bonchev–Trinajstić information content (AvgIpc) is 2.98. The third kappa shape index (κ3) is 4.65. The minimum atomic E-state index is -0.121. The van der Waals surface area contributed by atoms with Crippen molar-refractivity contribution in [2.75, 3.05) is 7.11 Å². The summed E-state index contributed by atoms with van der Waals surface area (Å²) in [5.41, 5.74) is 5.70. The number of carbonyl (C=O) groups is 1. The molecule has 2 aromatic carbocycles. The molecule has 1 N–H and O–H groups in total. The van der Waals surface area contributed by atoms with Crippen LogP contribution in [0, 0.1) is 13.8 Å². The molecule has 0 atom stereocenters. The van der Waals surface area contributed by atoms with Crippen LogP contribution in [0.5, 0.6) is 0 Å². The second kappa shape index (κ2) is 8.99. The molecule has 0 bridgehead atoms. The maximum absolute atomic E-state index is 12.5. The summed E-state index contributed by atoms with van der Waals surface area (Å²) in [5, 5.41) is 11.3. The van der Waals surface area contributed by atoms with Crippen molar-refractivity contribution in [3.05, 3.63) is 88.2 Å². The van der Waals surface area contributed by atoms with Crippen LogP contribution in [-0.4, -0.2) is 29.0 Å². The van der Waals surface area contributed by atoms with Gasteiger partial charge in [-0.3, -0.25) is 9.48 Å². The Hall–Kier alpha value is -3.41. The van der Waals surface area contributed by atoms with Gasteiger partial charge in [0.1, 0.15) is 7.11 Å².